The molecule has 6 heteroatoms. The Labute approximate surface area is 99.7 Å². The van der Waals surface area contributed by atoms with E-state index >= 15 is 0 Å². The van der Waals surface area contributed by atoms with Gasteiger partial charge in [0, 0.05) is 19.7 Å². The monoisotopic (exact) mass is 244 g/mol. The van der Waals surface area contributed by atoms with Crippen LogP contribution in [-0.4, -0.2) is 42.3 Å². The molecule has 0 aromatic carbocycles. The lowest BCUT2D eigenvalue weighted by Gasteiger charge is -2.32. The van der Waals surface area contributed by atoms with Crippen LogP contribution < -0.4 is 0 Å². The van der Waals surface area contributed by atoms with Crippen molar-refractivity contribution in [2.45, 2.75) is 25.6 Å². The molecule has 2 unspecified atom stereocenters. The molecule has 1 fully saturated rings. The van der Waals surface area contributed by atoms with Crippen LogP contribution in [0.2, 0.25) is 0 Å². The lowest BCUT2D eigenvalue weighted by atomic mass is 10.1. The summed E-state index contributed by atoms with van der Waals surface area (Å²) in [4.78, 5) is 11.8. The Morgan fingerprint density at radius 1 is 1.65 bits per heavy atom. The molecule has 17 heavy (non-hydrogen) atoms. The van der Waals surface area contributed by atoms with Crippen LogP contribution in [0.15, 0.2) is 24.0 Å². The number of nitrogens with zero attached hydrogens (tertiary/aromatic N) is 2. The Balaban J connectivity index is 2.76. The standard InChI is InChI=1S/C11H17FN2O3/c1-3-4-9(14(15)16)7-13(2)11-5-6-17-8-10(11)12/h3-4,7,10-11H,5-6,8H2,1-2H3/b4-3+,9-7+. The van der Waals surface area contributed by atoms with Crippen LogP contribution in [0.5, 0.6) is 0 Å². The summed E-state index contributed by atoms with van der Waals surface area (Å²) in [5, 5.41) is 10.7. The van der Waals surface area contributed by atoms with E-state index in [-0.39, 0.29) is 18.3 Å². The Bertz CT molecular complexity index is 331. The van der Waals surface area contributed by atoms with E-state index < -0.39 is 11.1 Å². The van der Waals surface area contributed by atoms with Crippen molar-refractivity contribution < 1.29 is 14.1 Å². The van der Waals surface area contributed by atoms with E-state index in [1.807, 2.05) is 0 Å². The summed E-state index contributed by atoms with van der Waals surface area (Å²) in [7, 11) is 1.65. The molecule has 1 aliphatic heterocycles. The molecule has 1 saturated heterocycles. The summed E-state index contributed by atoms with van der Waals surface area (Å²) in [6, 6.07) is -0.357. The van der Waals surface area contributed by atoms with Gasteiger partial charge in [-0.15, -0.1) is 0 Å². The van der Waals surface area contributed by atoms with E-state index in [1.54, 1.807) is 24.9 Å². The molecule has 96 valence electrons. The molecule has 5 nitrogen and oxygen atoms in total. The van der Waals surface area contributed by atoms with Crippen molar-refractivity contribution >= 4 is 0 Å². The molecule has 0 radical (unpaired) electrons. The molecule has 0 amide bonds. The Morgan fingerprint density at radius 2 is 2.35 bits per heavy atom. The topological polar surface area (TPSA) is 55.6 Å². The largest absolute Gasteiger partial charge is 0.378 e. The third-order valence-corrected chi connectivity index (χ3v) is 2.66. The predicted molar refractivity (Wildman–Crippen MR) is 61.8 cm³/mol. The van der Waals surface area contributed by atoms with Gasteiger partial charge in [0.05, 0.1) is 23.8 Å². The molecule has 0 aliphatic carbocycles. The number of hydrogen-bond donors (Lipinski definition) is 0. The maximum atomic E-state index is 13.6. The minimum absolute atomic E-state index is 0.0475. The molecule has 0 aromatic rings. The molecule has 0 spiro atoms. The van der Waals surface area contributed by atoms with E-state index in [2.05, 4.69) is 0 Å². The zero-order valence-corrected chi connectivity index (χ0v) is 10.0. The van der Waals surface area contributed by atoms with Gasteiger partial charge >= 0.3 is 0 Å². The summed E-state index contributed by atoms with van der Waals surface area (Å²) in [6.45, 7) is 2.24. The van der Waals surface area contributed by atoms with Crippen molar-refractivity contribution in [2.75, 3.05) is 20.3 Å². The Morgan fingerprint density at radius 3 is 2.88 bits per heavy atom. The second-order valence-electron chi connectivity index (χ2n) is 3.92. The summed E-state index contributed by atoms with van der Waals surface area (Å²) in [5.41, 5.74) is -0.0475. The van der Waals surface area contributed by atoms with E-state index in [0.29, 0.717) is 13.0 Å². The zero-order chi connectivity index (χ0) is 12.8. The van der Waals surface area contributed by atoms with Crippen molar-refractivity contribution in [1.29, 1.82) is 0 Å². The first-order valence-electron chi connectivity index (χ1n) is 5.49. The number of nitro groups is 1. The molecule has 1 aliphatic rings. The van der Waals surface area contributed by atoms with Crippen molar-refractivity contribution in [2.24, 2.45) is 0 Å². The number of ether oxygens (including phenoxy) is 1. The fraction of sp³-hybridized carbons (Fsp3) is 0.636. The fourth-order valence-corrected chi connectivity index (χ4v) is 1.78. The summed E-state index contributed by atoms with van der Waals surface area (Å²) in [6.07, 6.45) is 3.77. The average Bonchev–Trinajstić information content (AvgIpc) is 2.28. The molecule has 1 rings (SSSR count). The number of hydrogen-bond acceptors (Lipinski definition) is 4. The molecule has 2 atom stereocenters. The van der Waals surface area contributed by atoms with Gasteiger partial charge in [0.25, 0.3) is 5.70 Å². The van der Waals surface area contributed by atoms with E-state index in [1.165, 1.54) is 12.3 Å². The first-order chi connectivity index (χ1) is 8.06. The van der Waals surface area contributed by atoms with E-state index in [0.717, 1.165) is 0 Å². The lowest BCUT2D eigenvalue weighted by Crippen LogP contribution is -2.43. The van der Waals surface area contributed by atoms with Gasteiger partial charge in [-0.05, 0) is 13.3 Å². The van der Waals surface area contributed by atoms with Gasteiger partial charge in [-0.1, -0.05) is 6.08 Å². The van der Waals surface area contributed by atoms with Crippen LogP contribution in [0.4, 0.5) is 4.39 Å². The van der Waals surface area contributed by atoms with Gasteiger partial charge in [-0.25, -0.2) is 4.39 Å². The molecule has 0 N–H and O–H groups in total. The van der Waals surface area contributed by atoms with Crippen LogP contribution in [0.25, 0.3) is 0 Å². The van der Waals surface area contributed by atoms with Crippen LogP contribution in [0.1, 0.15) is 13.3 Å². The quantitative estimate of drug-likeness (QED) is 0.429. The van der Waals surface area contributed by atoms with E-state index in [4.69, 9.17) is 4.74 Å². The third-order valence-electron chi connectivity index (χ3n) is 2.66. The predicted octanol–water partition coefficient (Wildman–Crippen LogP) is 1.74. The van der Waals surface area contributed by atoms with Crippen LogP contribution in [0.3, 0.4) is 0 Å². The van der Waals surface area contributed by atoms with Crippen LogP contribution in [-0.2, 0) is 4.74 Å². The lowest BCUT2D eigenvalue weighted by molar-refractivity contribution is -0.420. The van der Waals surface area contributed by atoms with Crippen molar-refractivity contribution in [3.63, 3.8) is 0 Å². The first kappa shape index (κ1) is 13.6. The maximum Gasteiger partial charge on any atom is 0.284 e. The van der Waals surface area contributed by atoms with Crippen molar-refractivity contribution in [3.8, 4) is 0 Å². The van der Waals surface area contributed by atoms with E-state index in [9.17, 15) is 14.5 Å². The maximum absolute atomic E-state index is 13.6. The van der Waals surface area contributed by atoms with Gasteiger partial charge in [0.15, 0.2) is 0 Å². The first-order valence-corrected chi connectivity index (χ1v) is 5.49. The van der Waals surface area contributed by atoms with Gasteiger partial charge in [0.1, 0.15) is 6.17 Å². The summed E-state index contributed by atoms with van der Waals surface area (Å²) < 4.78 is 18.5. The van der Waals surface area contributed by atoms with Gasteiger partial charge in [0.2, 0.25) is 0 Å². The number of alkyl halides is 1. The highest BCUT2D eigenvalue weighted by Gasteiger charge is 2.28. The molecule has 0 aromatic heterocycles. The second kappa shape index (κ2) is 6.34. The SMILES string of the molecule is C/C=C/C(=C\N(C)C1CCOCC1F)[N+](=O)[O-]. The number of allylic oxidation sites excluding steroid dienone is 2. The minimum Gasteiger partial charge on any atom is -0.378 e. The highest BCUT2D eigenvalue weighted by atomic mass is 19.1. The third kappa shape index (κ3) is 3.81. The fourth-order valence-electron chi connectivity index (χ4n) is 1.78. The Hall–Kier alpha value is -1.43. The van der Waals surface area contributed by atoms with Crippen molar-refractivity contribution in [1.82, 2.24) is 4.90 Å². The van der Waals surface area contributed by atoms with Crippen molar-refractivity contribution in [3.05, 3.63) is 34.2 Å². The average molecular weight is 244 g/mol. The number of halogens is 1. The summed E-state index contributed by atoms with van der Waals surface area (Å²) in [5.74, 6) is 0. The molecular weight excluding hydrogens is 227 g/mol. The number of rotatable bonds is 4. The highest BCUT2D eigenvalue weighted by molar-refractivity contribution is 5.10. The van der Waals surface area contributed by atoms with Gasteiger partial charge in [-0.3, -0.25) is 10.1 Å². The smallest absolute Gasteiger partial charge is 0.284 e. The highest BCUT2D eigenvalue weighted by Crippen LogP contribution is 2.17. The normalized spacial score (nSPS) is 26.2. The Kier molecular flexibility index (Phi) is 5.09. The van der Waals surface area contributed by atoms with Crippen LogP contribution in [0, 0.1) is 10.1 Å². The van der Waals surface area contributed by atoms with Gasteiger partial charge < -0.3 is 9.64 Å². The molecule has 0 saturated carbocycles. The van der Waals surface area contributed by atoms with Crippen LogP contribution >= 0.6 is 0 Å². The second-order valence-corrected chi connectivity index (χ2v) is 3.92. The molecular formula is C11H17FN2O3. The molecule has 0 bridgehead atoms. The molecule has 1 heterocycles. The zero-order valence-electron chi connectivity index (χ0n) is 10.0. The summed E-state index contributed by atoms with van der Waals surface area (Å²) >= 11 is 0. The minimum atomic E-state index is -1.11. The van der Waals surface area contributed by atoms with Gasteiger partial charge in [-0.2, -0.15) is 0 Å².